The molecule has 0 aliphatic heterocycles. The number of hydrogen-bond donors (Lipinski definition) is 2. The Morgan fingerprint density at radius 1 is 0.970 bits per heavy atom. The van der Waals surface area contributed by atoms with Gasteiger partial charge in [0.2, 0.25) is 0 Å². The molecule has 2 N–H and O–H groups in total. The maximum Gasteiger partial charge on any atom is 0.573 e. The van der Waals surface area contributed by atoms with Crippen molar-refractivity contribution in [2.75, 3.05) is 0 Å². The zero-order chi connectivity index (χ0) is 23.9. The lowest BCUT2D eigenvalue weighted by Crippen LogP contribution is -2.49. The van der Waals surface area contributed by atoms with Gasteiger partial charge in [-0.2, -0.15) is 0 Å². The molecular weight excluding hydrogens is 477 g/mol. The summed E-state index contributed by atoms with van der Waals surface area (Å²) in [6.07, 6.45) is -1.59. The number of halogens is 3. The van der Waals surface area contributed by atoms with E-state index in [1.54, 1.807) is 42.7 Å². The number of nitrogens with one attached hydrogen (secondary N) is 2. The minimum Gasteiger partial charge on any atom is -0.406 e. The third-order valence-corrected chi connectivity index (χ3v) is 6.15. The zero-order valence-electron chi connectivity index (χ0n) is 17.0. The van der Waals surface area contributed by atoms with Crippen molar-refractivity contribution in [1.82, 2.24) is 20.1 Å². The maximum absolute atomic E-state index is 13.2. The Kier molecular flexibility index (Phi) is 7.84. The first kappa shape index (κ1) is 24.4. The van der Waals surface area contributed by atoms with Crippen molar-refractivity contribution in [2.24, 2.45) is 0 Å². The van der Waals surface area contributed by atoms with Crippen molar-refractivity contribution in [3.05, 3.63) is 90.3 Å². The van der Waals surface area contributed by atoms with Crippen LogP contribution in [0.5, 0.6) is 5.75 Å². The summed E-state index contributed by atoms with van der Waals surface area (Å²) < 4.78 is 68.3. The molecule has 0 saturated carbocycles. The molecule has 1 aromatic heterocycles. The van der Waals surface area contributed by atoms with E-state index >= 15 is 0 Å². The van der Waals surface area contributed by atoms with Crippen molar-refractivity contribution in [3.63, 3.8) is 0 Å². The summed E-state index contributed by atoms with van der Waals surface area (Å²) in [5.41, 5.74) is 3.96. The van der Waals surface area contributed by atoms with Gasteiger partial charge in [0.15, 0.2) is 5.11 Å². The molecule has 7 nitrogen and oxygen atoms in total. The molecule has 0 atom stereocenters. The Bertz CT molecular complexity index is 1160. The van der Waals surface area contributed by atoms with Crippen molar-refractivity contribution in [2.45, 2.75) is 24.3 Å². The maximum atomic E-state index is 13.2. The molecule has 0 spiro atoms. The first-order valence-corrected chi connectivity index (χ1v) is 11.3. The lowest BCUT2D eigenvalue weighted by atomic mass is 10.2. The van der Waals surface area contributed by atoms with Crippen LogP contribution in [-0.4, -0.2) is 29.3 Å². The number of rotatable bonds is 8. The standard InChI is InChI=1S/C21H19F3N4O3S2/c22-21(23,24)31-18-8-6-17(7-9-18)15-28(33(29,30)19-4-2-1-3-5-19)27-20(32)26-14-16-10-12-25-13-11-16/h1-13H,14-15H2,(H2,26,27,32). The van der Waals surface area contributed by atoms with E-state index in [-0.39, 0.29) is 16.6 Å². The third-order valence-electron chi connectivity index (χ3n) is 4.24. The number of pyridine rings is 1. The summed E-state index contributed by atoms with van der Waals surface area (Å²) >= 11 is 5.26. The SMILES string of the molecule is O=S(=O)(c1ccccc1)N(Cc1ccc(OC(F)(F)F)cc1)NC(=S)NCc1ccncc1. The summed E-state index contributed by atoms with van der Waals surface area (Å²) in [7, 11) is -4.04. The Hall–Kier alpha value is -3.22. The summed E-state index contributed by atoms with van der Waals surface area (Å²) in [5.74, 6) is -0.411. The largest absolute Gasteiger partial charge is 0.573 e. The van der Waals surface area contributed by atoms with Gasteiger partial charge in [0.1, 0.15) is 5.75 Å². The van der Waals surface area contributed by atoms with Crippen LogP contribution in [0.1, 0.15) is 11.1 Å². The smallest absolute Gasteiger partial charge is 0.406 e. The predicted molar refractivity (Wildman–Crippen MR) is 119 cm³/mol. The van der Waals surface area contributed by atoms with E-state index in [0.29, 0.717) is 12.1 Å². The zero-order valence-corrected chi connectivity index (χ0v) is 18.6. The van der Waals surface area contributed by atoms with Crippen LogP contribution in [0.3, 0.4) is 0 Å². The van der Waals surface area contributed by atoms with Crippen LogP contribution < -0.4 is 15.5 Å². The molecule has 0 fully saturated rings. The summed E-state index contributed by atoms with van der Waals surface area (Å²) in [5, 5.41) is 2.96. The minimum absolute atomic E-state index is 0.0199. The fourth-order valence-corrected chi connectivity index (χ4v) is 4.23. The minimum atomic E-state index is -4.82. The number of hydrazine groups is 1. The van der Waals surface area contributed by atoms with E-state index in [1.807, 2.05) is 0 Å². The van der Waals surface area contributed by atoms with Gasteiger partial charge in [-0.15, -0.1) is 17.6 Å². The Morgan fingerprint density at radius 3 is 2.21 bits per heavy atom. The normalized spacial score (nSPS) is 11.8. The lowest BCUT2D eigenvalue weighted by Gasteiger charge is -2.25. The third kappa shape index (κ3) is 7.41. The number of ether oxygens (including phenoxy) is 1. The van der Waals surface area contributed by atoms with Gasteiger partial charge in [0.25, 0.3) is 10.0 Å². The molecule has 0 aliphatic rings. The highest BCUT2D eigenvalue weighted by Crippen LogP contribution is 2.24. The topological polar surface area (TPSA) is 83.6 Å². The highest BCUT2D eigenvalue weighted by atomic mass is 32.2. The summed E-state index contributed by atoms with van der Waals surface area (Å²) in [4.78, 5) is 3.94. The van der Waals surface area contributed by atoms with E-state index in [1.165, 1.54) is 24.3 Å². The van der Waals surface area contributed by atoms with Gasteiger partial charge in [0, 0.05) is 18.9 Å². The lowest BCUT2D eigenvalue weighted by molar-refractivity contribution is -0.274. The first-order valence-electron chi connectivity index (χ1n) is 9.49. The van der Waals surface area contributed by atoms with Crippen molar-refractivity contribution < 1.29 is 26.3 Å². The molecule has 0 unspecified atom stereocenters. The number of hydrogen-bond acceptors (Lipinski definition) is 5. The Balaban J connectivity index is 1.77. The summed E-state index contributed by atoms with van der Waals surface area (Å²) in [6, 6.07) is 16.1. The second kappa shape index (κ2) is 10.6. The van der Waals surface area contributed by atoms with E-state index in [9.17, 15) is 21.6 Å². The van der Waals surface area contributed by atoms with Gasteiger partial charge < -0.3 is 10.1 Å². The molecule has 0 saturated heterocycles. The van der Waals surface area contributed by atoms with Gasteiger partial charge in [0.05, 0.1) is 11.4 Å². The van der Waals surface area contributed by atoms with Crippen molar-refractivity contribution in [1.29, 1.82) is 0 Å². The predicted octanol–water partition coefficient (Wildman–Crippen LogP) is 3.75. The molecule has 174 valence electrons. The number of nitrogens with zero attached hydrogens (tertiary/aromatic N) is 2. The highest BCUT2D eigenvalue weighted by molar-refractivity contribution is 7.89. The average molecular weight is 497 g/mol. The van der Waals surface area contributed by atoms with Crippen molar-refractivity contribution in [3.8, 4) is 5.75 Å². The number of sulfonamides is 1. The van der Waals surface area contributed by atoms with E-state index in [4.69, 9.17) is 12.2 Å². The number of thiocarbonyl (C=S) groups is 1. The summed E-state index contributed by atoms with van der Waals surface area (Å²) in [6.45, 7) is 0.123. The fourth-order valence-electron chi connectivity index (χ4n) is 2.70. The van der Waals surface area contributed by atoms with Gasteiger partial charge in [-0.25, -0.2) is 8.42 Å². The molecular formula is C21H19F3N4O3S2. The Labute approximate surface area is 194 Å². The van der Waals surface area contributed by atoms with E-state index in [0.717, 1.165) is 22.1 Å². The molecule has 0 amide bonds. The molecule has 0 radical (unpaired) electrons. The molecule has 0 aliphatic carbocycles. The van der Waals surface area contributed by atoms with E-state index < -0.39 is 22.1 Å². The van der Waals surface area contributed by atoms with Gasteiger partial charge in [-0.3, -0.25) is 10.4 Å². The van der Waals surface area contributed by atoms with Crippen LogP contribution in [0, 0.1) is 0 Å². The van der Waals surface area contributed by atoms with Crippen LogP contribution in [0.2, 0.25) is 0 Å². The van der Waals surface area contributed by atoms with Crippen LogP contribution in [-0.2, 0) is 23.1 Å². The average Bonchev–Trinajstić information content (AvgIpc) is 2.79. The van der Waals surface area contributed by atoms with Crippen LogP contribution in [0.25, 0.3) is 0 Å². The molecule has 33 heavy (non-hydrogen) atoms. The van der Waals surface area contributed by atoms with Gasteiger partial charge >= 0.3 is 6.36 Å². The molecule has 1 heterocycles. The second-order valence-corrected chi connectivity index (χ2v) is 8.94. The van der Waals surface area contributed by atoms with Crippen LogP contribution in [0.15, 0.2) is 84.0 Å². The molecule has 3 aromatic rings. The van der Waals surface area contributed by atoms with Gasteiger partial charge in [-0.1, -0.05) is 30.3 Å². The monoisotopic (exact) mass is 496 g/mol. The molecule has 2 aromatic carbocycles. The molecule has 0 bridgehead atoms. The second-order valence-electron chi connectivity index (χ2n) is 6.67. The molecule has 12 heteroatoms. The number of alkyl halides is 3. The quantitative estimate of drug-likeness (QED) is 0.363. The highest BCUT2D eigenvalue weighted by Gasteiger charge is 2.31. The van der Waals surface area contributed by atoms with E-state index in [2.05, 4.69) is 20.5 Å². The van der Waals surface area contributed by atoms with Gasteiger partial charge in [-0.05, 0) is 59.7 Å². The van der Waals surface area contributed by atoms with Crippen molar-refractivity contribution >= 4 is 27.4 Å². The molecule has 3 rings (SSSR count). The first-order chi connectivity index (χ1) is 15.6. The fraction of sp³-hybridized carbons (Fsp3) is 0.143. The number of benzene rings is 2. The van der Waals surface area contributed by atoms with Crippen LogP contribution in [0.4, 0.5) is 13.2 Å². The van der Waals surface area contributed by atoms with Crippen LogP contribution >= 0.6 is 12.2 Å². The number of aromatic nitrogens is 1. The Morgan fingerprint density at radius 2 is 1.61 bits per heavy atom.